The number of ether oxygens (including phenoxy) is 2. The van der Waals surface area contributed by atoms with Gasteiger partial charge in [-0.15, -0.1) is 0 Å². The summed E-state index contributed by atoms with van der Waals surface area (Å²) < 4.78 is 19.8. The Labute approximate surface area is 472 Å². The van der Waals surface area contributed by atoms with Gasteiger partial charge in [0, 0.05) is 0 Å². The number of benzene rings is 3. The van der Waals surface area contributed by atoms with Gasteiger partial charge < -0.3 is 0 Å². The zero-order chi connectivity index (χ0) is 53.0. The molecular formula is C68H110O2S2Sn2. The van der Waals surface area contributed by atoms with Gasteiger partial charge in [0.1, 0.15) is 0 Å². The average molecular weight is 1260 g/mol. The molecule has 6 heteroatoms. The maximum absolute atomic E-state index is 6.75. The molecule has 414 valence electrons. The summed E-state index contributed by atoms with van der Waals surface area (Å²) in [5.74, 6) is 3.35. The molecule has 0 spiro atoms. The molecule has 2 unspecified atom stereocenters. The van der Waals surface area contributed by atoms with Crippen LogP contribution in [0, 0.1) is 11.8 Å². The average Bonchev–Trinajstić information content (AvgIpc) is 4.04. The summed E-state index contributed by atoms with van der Waals surface area (Å²) in [6, 6.07) is 24.0. The quantitative estimate of drug-likeness (QED) is 0.0286. The molecule has 0 radical (unpaired) electrons. The number of thiophene rings is 2. The summed E-state index contributed by atoms with van der Waals surface area (Å²) in [7, 11) is 0. The fourth-order valence-electron chi connectivity index (χ4n) is 11.1. The molecule has 5 rings (SSSR count). The Balaban J connectivity index is 1.37. The van der Waals surface area contributed by atoms with Crippen molar-refractivity contribution < 1.29 is 9.47 Å². The van der Waals surface area contributed by atoms with E-state index in [1.807, 2.05) is 0 Å². The molecule has 2 aromatic heterocycles. The molecule has 0 N–H and O–H groups in total. The molecule has 2 atom stereocenters. The van der Waals surface area contributed by atoms with E-state index in [2.05, 4.69) is 141 Å². The number of rotatable bonds is 42. The number of unbranched alkanes of at least 4 members (excludes halogenated alkanes) is 24. The summed E-state index contributed by atoms with van der Waals surface area (Å²) >= 11 is -0.696. The van der Waals surface area contributed by atoms with E-state index in [0.29, 0.717) is 11.8 Å². The first-order chi connectivity index (χ1) is 35.9. The van der Waals surface area contributed by atoms with Crippen molar-refractivity contribution in [2.45, 2.75) is 263 Å². The van der Waals surface area contributed by atoms with Crippen LogP contribution >= 0.6 is 22.7 Å². The Morgan fingerprint density at radius 2 is 0.608 bits per heavy atom. The maximum atomic E-state index is 6.75. The summed E-state index contributed by atoms with van der Waals surface area (Å²) in [4.78, 5) is 15.5. The van der Waals surface area contributed by atoms with Crippen molar-refractivity contribution in [3.63, 3.8) is 0 Å². The molecule has 74 heavy (non-hydrogen) atoms. The Bertz CT molecular complexity index is 2030. The van der Waals surface area contributed by atoms with Crippen LogP contribution in [-0.4, -0.2) is 50.0 Å². The van der Waals surface area contributed by atoms with Crippen molar-refractivity contribution in [2.24, 2.45) is 11.8 Å². The molecule has 2 nitrogen and oxygen atoms in total. The molecule has 0 bridgehead atoms. The molecular weight excluding hydrogens is 1150 g/mol. The minimum absolute atomic E-state index is 0.644. The van der Waals surface area contributed by atoms with E-state index in [4.69, 9.17) is 9.47 Å². The van der Waals surface area contributed by atoms with Crippen LogP contribution in [0.4, 0.5) is 0 Å². The van der Waals surface area contributed by atoms with Crippen molar-refractivity contribution in [1.29, 1.82) is 0 Å². The molecule has 0 amide bonds. The summed E-state index contributed by atoms with van der Waals surface area (Å²) in [5, 5.41) is 2.90. The van der Waals surface area contributed by atoms with Crippen LogP contribution in [0.2, 0.25) is 29.6 Å². The van der Waals surface area contributed by atoms with E-state index in [1.165, 1.54) is 248 Å². The van der Waals surface area contributed by atoms with E-state index in [9.17, 15) is 0 Å². The number of fused-ring (bicyclic) bond motifs is 2. The third-order valence-corrected chi connectivity index (χ3v) is 37.2. The summed E-state index contributed by atoms with van der Waals surface area (Å²) in [5.41, 5.74) is 5.55. The standard InChI is InChI=1S/C62H92O2S2.6CH3.2Sn/c1-5-9-13-17-21-23-27-31-35-51(33-29-25-19-15-11-7-3)49-63-55-41-37-53(38-42-55)59-57-45-47-66-62(57)60(58-46-48-65-61(58)59)54-39-43-56(44-40-54)64-50-52(34-30-26-20-16-12-8-4)36-32-28-24-22-18-14-10-6-2;;;;;;;;/h37-46,51-52H,5-36,49-50H2,1-4H3;6*1H3;;. The SMILES string of the molecule is CCCCCCCCCCC(CCCCCCCC)COc1ccc(-c2c3c[c]([Sn]([CH3])([CH3])[CH3])sc3c(-c3ccc(OCC(CCCCCCCC)CCCCCCCCCC)cc3)c3c[c]([Sn]([CH3])([CH3])[CH3])sc23)cc1. The molecule has 0 aliphatic rings. The molecule has 0 saturated heterocycles. The Kier molecular flexibility index (Phi) is 30.4. The van der Waals surface area contributed by atoms with Gasteiger partial charge in [-0.25, -0.2) is 0 Å². The predicted octanol–water partition coefficient (Wildman–Crippen LogP) is 23.1. The van der Waals surface area contributed by atoms with E-state index in [-0.39, 0.29) is 0 Å². The van der Waals surface area contributed by atoms with Gasteiger partial charge in [-0.1, -0.05) is 207 Å². The molecule has 5 aromatic rings. The summed E-state index contributed by atoms with van der Waals surface area (Å²) in [6.45, 7) is 11.0. The van der Waals surface area contributed by atoms with Gasteiger partial charge in [-0.3, -0.25) is 0 Å². The molecule has 2 heterocycles. The van der Waals surface area contributed by atoms with Crippen LogP contribution in [0.3, 0.4) is 0 Å². The normalized spacial score (nSPS) is 13.1. The van der Waals surface area contributed by atoms with Crippen LogP contribution in [0.15, 0.2) is 60.7 Å². The predicted molar refractivity (Wildman–Crippen MR) is 342 cm³/mol. The molecule has 0 aliphatic carbocycles. The van der Waals surface area contributed by atoms with Crippen molar-refractivity contribution in [3.05, 3.63) is 60.7 Å². The van der Waals surface area contributed by atoms with Crippen molar-refractivity contribution in [1.82, 2.24) is 0 Å². The summed E-state index contributed by atoms with van der Waals surface area (Å²) in [6.07, 6.45) is 43.8. The second-order valence-corrected chi connectivity index (χ2v) is 57.9. The van der Waals surface area contributed by atoms with E-state index < -0.39 is 36.8 Å². The van der Waals surface area contributed by atoms with Crippen LogP contribution in [0.25, 0.3) is 42.4 Å². The van der Waals surface area contributed by atoms with Gasteiger partial charge in [-0.05, 0) is 0 Å². The molecule has 0 aliphatic heterocycles. The van der Waals surface area contributed by atoms with Gasteiger partial charge >= 0.3 is 270 Å². The topological polar surface area (TPSA) is 18.5 Å². The Morgan fingerprint density at radius 1 is 0.351 bits per heavy atom. The fraction of sp³-hybridized carbons (Fsp3) is 0.676. The molecule has 3 aromatic carbocycles. The van der Waals surface area contributed by atoms with E-state index in [1.54, 1.807) is 5.79 Å². The fourth-order valence-corrected chi connectivity index (χ4v) is 24.0. The van der Waals surface area contributed by atoms with Gasteiger partial charge in [0.05, 0.1) is 0 Å². The minimum atomic E-state index is -2.46. The first-order valence-corrected chi connectivity index (χ1v) is 53.0. The number of hydrogen-bond donors (Lipinski definition) is 0. The first kappa shape index (κ1) is 63.6. The zero-order valence-corrected chi connectivity index (χ0v) is 56.9. The monoisotopic (exact) mass is 1260 g/mol. The van der Waals surface area contributed by atoms with Crippen molar-refractivity contribution in [2.75, 3.05) is 13.2 Å². The molecule has 0 fully saturated rings. The zero-order valence-electron chi connectivity index (χ0n) is 49.6. The van der Waals surface area contributed by atoms with Crippen LogP contribution in [-0.2, 0) is 0 Å². The van der Waals surface area contributed by atoms with E-state index in [0.717, 1.165) is 24.7 Å². The number of hydrogen-bond acceptors (Lipinski definition) is 4. The third-order valence-electron chi connectivity index (χ3n) is 16.1. The van der Waals surface area contributed by atoms with Crippen molar-refractivity contribution >= 4 is 85.4 Å². The van der Waals surface area contributed by atoms with Crippen LogP contribution < -0.4 is 15.3 Å². The van der Waals surface area contributed by atoms with Crippen molar-refractivity contribution in [3.8, 4) is 33.8 Å². The Hall–Kier alpha value is -1.22. The van der Waals surface area contributed by atoms with Gasteiger partial charge in [0.2, 0.25) is 0 Å². The van der Waals surface area contributed by atoms with Gasteiger partial charge in [0.15, 0.2) is 0 Å². The van der Waals surface area contributed by atoms with E-state index >= 15 is 0 Å². The second kappa shape index (κ2) is 35.4. The van der Waals surface area contributed by atoms with Crippen LogP contribution in [0.5, 0.6) is 11.5 Å². The van der Waals surface area contributed by atoms with Gasteiger partial charge in [0.25, 0.3) is 0 Å². The molecule has 0 saturated carbocycles. The Morgan fingerprint density at radius 3 is 0.865 bits per heavy atom. The third kappa shape index (κ3) is 22.1. The van der Waals surface area contributed by atoms with Gasteiger partial charge in [-0.2, -0.15) is 0 Å². The van der Waals surface area contributed by atoms with Crippen LogP contribution in [0.1, 0.15) is 233 Å². The first-order valence-electron chi connectivity index (χ1n) is 31.4. The second-order valence-electron chi connectivity index (χ2n) is 25.0.